The molecule has 0 saturated carbocycles. The van der Waals surface area contributed by atoms with Crippen molar-refractivity contribution in [3.63, 3.8) is 0 Å². The lowest BCUT2D eigenvalue weighted by Crippen LogP contribution is -2.30. The van der Waals surface area contributed by atoms with Crippen molar-refractivity contribution in [2.75, 3.05) is 13.2 Å². The van der Waals surface area contributed by atoms with Crippen molar-refractivity contribution in [3.8, 4) is 0 Å². The quantitative estimate of drug-likeness (QED) is 0.0353. The number of carbonyl (C=O) groups excluding carboxylic acids is 3. The van der Waals surface area contributed by atoms with Gasteiger partial charge in [0.2, 0.25) is 0 Å². The maximum Gasteiger partial charge on any atom is 0.306 e. The van der Waals surface area contributed by atoms with Crippen LogP contribution in [0, 0.1) is 5.92 Å². The number of ether oxygens (including phenoxy) is 3. The first-order chi connectivity index (χ1) is 25.4. The minimum absolute atomic E-state index is 0.0640. The molecule has 0 rings (SSSR count). The molecule has 0 aromatic heterocycles. The lowest BCUT2D eigenvalue weighted by molar-refractivity contribution is -0.167. The summed E-state index contributed by atoms with van der Waals surface area (Å²) in [6.45, 7) is 8.96. The fourth-order valence-corrected chi connectivity index (χ4v) is 6.80. The summed E-state index contributed by atoms with van der Waals surface area (Å²) in [5.41, 5.74) is 0. The maximum atomic E-state index is 12.7. The normalized spacial score (nSPS) is 11.9. The average molecular weight is 737 g/mol. The number of carbonyl (C=O) groups is 3. The molecule has 0 bridgehead atoms. The molecule has 0 amide bonds. The van der Waals surface area contributed by atoms with Gasteiger partial charge in [0.25, 0.3) is 0 Å². The standard InChI is InChI=1S/C46H88O6/c1-5-7-9-11-13-15-16-17-18-22-25-29-33-37-44(47)50-40-43(52-46(49)39-35-31-27-20-14-12-10-8-6-2)41-51-45(48)38-34-30-26-23-19-21-24-28-32-36-42(3)4/h42-43H,5-41H2,1-4H3/t43-/m1/s1. The molecule has 0 aliphatic heterocycles. The van der Waals surface area contributed by atoms with Crippen LogP contribution in [0.25, 0.3) is 0 Å². The molecule has 6 heteroatoms. The highest BCUT2D eigenvalue weighted by Gasteiger charge is 2.19. The number of rotatable bonds is 41. The van der Waals surface area contributed by atoms with E-state index in [0.29, 0.717) is 19.3 Å². The van der Waals surface area contributed by atoms with Gasteiger partial charge < -0.3 is 14.2 Å². The van der Waals surface area contributed by atoms with Crippen LogP contribution in [0.4, 0.5) is 0 Å². The van der Waals surface area contributed by atoms with Crippen LogP contribution in [0.15, 0.2) is 0 Å². The zero-order chi connectivity index (χ0) is 38.2. The van der Waals surface area contributed by atoms with Crippen LogP contribution in [0.3, 0.4) is 0 Å². The molecular formula is C46H88O6. The van der Waals surface area contributed by atoms with E-state index in [9.17, 15) is 14.4 Å². The number of unbranched alkanes of at least 4 members (excludes halogenated alkanes) is 28. The van der Waals surface area contributed by atoms with Gasteiger partial charge in [0.1, 0.15) is 13.2 Å². The Kier molecular flexibility index (Phi) is 39.4. The minimum atomic E-state index is -0.758. The van der Waals surface area contributed by atoms with E-state index in [0.717, 1.165) is 63.7 Å². The van der Waals surface area contributed by atoms with Gasteiger partial charge in [-0.3, -0.25) is 14.4 Å². The molecule has 308 valence electrons. The molecule has 0 aromatic rings. The summed E-state index contributed by atoms with van der Waals surface area (Å²) in [5, 5.41) is 0. The molecule has 0 spiro atoms. The molecular weight excluding hydrogens is 648 g/mol. The molecule has 0 aliphatic rings. The summed E-state index contributed by atoms with van der Waals surface area (Å²) in [7, 11) is 0. The highest BCUT2D eigenvalue weighted by atomic mass is 16.6. The van der Waals surface area contributed by atoms with Gasteiger partial charge in [0.05, 0.1) is 0 Å². The Morgan fingerprint density at radius 1 is 0.365 bits per heavy atom. The van der Waals surface area contributed by atoms with Crippen molar-refractivity contribution in [1.82, 2.24) is 0 Å². The second-order valence-corrected chi connectivity index (χ2v) is 16.2. The first-order valence-corrected chi connectivity index (χ1v) is 22.9. The zero-order valence-corrected chi connectivity index (χ0v) is 35.3. The van der Waals surface area contributed by atoms with Gasteiger partial charge in [-0.15, -0.1) is 0 Å². The topological polar surface area (TPSA) is 78.9 Å². The molecule has 0 saturated heterocycles. The van der Waals surface area contributed by atoms with Gasteiger partial charge in [-0.2, -0.15) is 0 Å². The third-order valence-electron chi connectivity index (χ3n) is 10.3. The Balaban J connectivity index is 4.30. The van der Waals surface area contributed by atoms with Crippen molar-refractivity contribution in [2.45, 2.75) is 259 Å². The molecule has 0 N–H and O–H groups in total. The molecule has 0 radical (unpaired) electrons. The third kappa shape index (κ3) is 39.6. The zero-order valence-electron chi connectivity index (χ0n) is 35.3. The van der Waals surface area contributed by atoms with E-state index < -0.39 is 6.10 Å². The summed E-state index contributed by atoms with van der Waals surface area (Å²) < 4.78 is 16.7. The van der Waals surface area contributed by atoms with E-state index in [1.54, 1.807) is 0 Å². The lowest BCUT2D eigenvalue weighted by atomic mass is 10.0. The molecule has 0 heterocycles. The summed E-state index contributed by atoms with van der Waals surface area (Å²) in [6.07, 6.45) is 39.4. The molecule has 52 heavy (non-hydrogen) atoms. The second-order valence-electron chi connectivity index (χ2n) is 16.2. The average Bonchev–Trinajstić information content (AvgIpc) is 3.12. The van der Waals surface area contributed by atoms with Crippen LogP contribution in [0.5, 0.6) is 0 Å². The fourth-order valence-electron chi connectivity index (χ4n) is 6.80. The van der Waals surface area contributed by atoms with Gasteiger partial charge in [-0.25, -0.2) is 0 Å². The SMILES string of the molecule is CCCCCCCCCCCCCCCC(=O)OC[C@H](COC(=O)CCCCCCCCCCCC(C)C)OC(=O)CCCCCCCCCCC. The second kappa shape index (κ2) is 40.6. The van der Waals surface area contributed by atoms with E-state index in [1.165, 1.54) is 148 Å². The molecule has 0 aromatic carbocycles. The van der Waals surface area contributed by atoms with Crippen molar-refractivity contribution in [3.05, 3.63) is 0 Å². The monoisotopic (exact) mass is 737 g/mol. The summed E-state index contributed by atoms with van der Waals surface area (Å²) in [5.74, 6) is -0.0481. The maximum absolute atomic E-state index is 12.7. The van der Waals surface area contributed by atoms with E-state index >= 15 is 0 Å². The van der Waals surface area contributed by atoms with Crippen LogP contribution < -0.4 is 0 Å². The summed E-state index contributed by atoms with van der Waals surface area (Å²) in [4.78, 5) is 37.6. The Labute approximate surface area is 323 Å². The number of hydrogen-bond donors (Lipinski definition) is 0. The Hall–Kier alpha value is -1.59. The van der Waals surface area contributed by atoms with Crippen LogP contribution in [0.2, 0.25) is 0 Å². The number of hydrogen-bond acceptors (Lipinski definition) is 6. The van der Waals surface area contributed by atoms with Crippen molar-refractivity contribution in [1.29, 1.82) is 0 Å². The van der Waals surface area contributed by atoms with E-state index in [2.05, 4.69) is 27.7 Å². The van der Waals surface area contributed by atoms with Crippen molar-refractivity contribution >= 4 is 17.9 Å². The smallest absolute Gasteiger partial charge is 0.306 e. The highest BCUT2D eigenvalue weighted by Crippen LogP contribution is 2.16. The molecule has 0 aliphatic carbocycles. The molecule has 1 atom stereocenters. The van der Waals surface area contributed by atoms with Gasteiger partial charge in [0, 0.05) is 19.3 Å². The minimum Gasteiger partial charge on any atom is -0.462 e. The van der Waals surface area contributed by atoms with Crippen molar-refractivity contribution in [2.24, 2.45) is 5.92 Å². The number of esters is 3. The van der Waals surface area contributed by atoms with Crippen LogP contribution in [-0.2, 0) is 28.6 Å². The summed E-state index contributed by atoms with van der Waals surface area (Å²) >= 11 is 0. The van der Waals surface area contributed by atoms with Crippen molar-refractivity contribution < 1.29 is 28.6 Å². The predicted octanol–water partition coefficient (Wildman–Crippen LogP) is 14.3. The molecule has 0 unspecified atom stereocenters. The summed E-state index contributed by atoms with van der Waals surface area (Å²) in [6, 6.07) is 0. The van der Waals surface area contributed by atoms with E-state index in [4.69, 9.17) is 14.2 Å². The Bertz CT molecular complexity index is 781. The van der Waals surface area contributed by atoms with Gasteiger partial charge in [-0.05, 0) is 25.2 Å². The van der Waals surface area contributed by atoms with Crippen LogP contribution >= 0.6 is 0 Å². The molecule has 6 nitrogen and oxygen atoms in total. The van der Waals surface area contributed by atoms with E-state index in [1.807, 2.05) is 0 Å². The van der Waals surface area contributed by atoms with Crippen LogP contribution in [-0.4, -0.2) is 37.2 Å². The van der Waals surface area contributed by atoms with Crippen LogP contribution in [0.1, 0.15) is 252 Å². The first-order valence-electron chi connectivity index (χ1n) is 22.9. The van der Waals surface area contributed by atoms with Gasteiger partial charge >= 0.3 is 17.9 Å². The highest BCUT2D eigenvalue weighted by molar-refractivity contribution is 5.71. The van der Waals surface area contributed by atoms with Gasteiger partial charge in [0.15, 0.2) is 6.10 Å². The lowest BCUT2D eigenvalue weighted by Gasteiger charge is -2.18. The largest absolute Gasteiger partial charge is 0.462 e. The fraction of sp³-hybridized carbons (Fsp3) is 0.935. The first kappa shape index (κ1) is 50.4. The van der Waals surface area contributed by atoms with Gasteiger partial charge in [-0.1, -0.05) is 214 Å². The third-order valence-corrected chi connectivity index (χ3v) is 10.3. The molecule has 0 fully saturated rings. The Morgan fingerprint density at radius 3 is 0.942 bits per heavy atom. The Morgan fingerprint density at radius 2 is 0.635 bits per heavy atom. The predicted molar refractivity (Wildman–Crippen MR) is 220 cm³/mol. The van der Waals surface area contributed by atoms with E-state index in [-0.39, 0.29) is 31.1 Å².